The van der Waals surface area contributed by atoms with E-state index >= 15 is 0 Å². The molecule has 0 aliphatic rings. The molecule has 0 heterocycles. The van der Waals surface area contributed by atoms with E-state index in [0.717, 1.165) is 12.0 Å². The highest BCUT2D eigenvalue weighted by Gasteiger charge is 2.13. The Hall–Kier alpha value is -0.910. The zero-order chi connectivity index (χ0) is 12.9. The standard InChI is InChI=1S/C12H20N2O2S/c1-10(2)9-14-17(15,16)12-5-3-11(4-6-12)7-8-13/h3-6,10,14H,7-9,13H2,1-2H3. The van der Waals surface area contributed by atoms with Crippen molar-refractivity contribution >= 4 is 10.0 Å². The van der Waals surface area contributed by atoms with Crippen LogP contribution in [0.5, 0.6) is 0 Å². The maximum atomic E-state index is 11.9. The molecule has 0 saturated carbocycles. The Labute approximate surface area is 103 Å². The van der Waals surface area contributed by atoms with E-state index in [1.807, 2.05) is 13.8 Å². The molecule has 0 saturated heterocycles. The number of sulfonamides is 1. The molecular weight excluding hydrogens is 236 g/mol. The molecule has 3 N–H and O–H groups in total. The summed E-state index contributed by atoms with van der Waals surface area (Å²) < 4.78 is 26.3. The van der Waals surface area contributed by atoms with Crippen LogP contribution in [0.15, 0.2) is 29.2 Å². The van der Waals surface area contributed by atoms with Crippen molar-refractivity contribution in [1.29, 1.82) is 0 Å². The normalized spacial score (nSPS) is 12.0. The molecular formula is C12H20N2O2S. The Morgan fingerprint density at radius 3 is 2.29 bits per heavy atom. The number of rotatable bonds is 6. The summed E-state index contributed by atoms with van der Waals surface area (Å²) in [5.41, 5.74) is 6.49. The lowest BCUT2D eigenvalue weighted by atomic mass is 10.2. The Bertz CT molecular complexity index is 438. The van der Waals surface area contributed by atoms with E-state index in [9.17, 15) is 8.42 Å². The van der Waals surface area contributed by atoms with E-state index < -0.39 is 10.0 Å². The average molecular weight is 256 g/mol. The van der Waals surface area contributed by atoms with Gasteiger partial charge in [0.05, 0.1) is 4.90 Å². The lowest BCUT2D eigenvalue weighted by Crippen LogP contribution is -2.27. The number of hydrogen-bond donors (Lipinski definition) is 2. The molecule has 0 unspecified atom stereocenters. The zero-order valence-corrected chi connectivity index (χ0v) is 11.1. The molecule has 0 aliphatic heterocycles. The van der Waals surface area contributed by atoms with Crippen molar-refractivity contribution < 1.29 is 8.42 Å². The number of nitrogens with two attached hydrogens (primary N) is 1. The first-order chi connectivity index (χ1) is 7.95. The highest BCUT2D eigenvalue weighted by Crippen LogP contribution is 2.11. The van der Waals surface area contributed by atoms with Crippen LogP contribution in [0.1, 0.15) is 19.4 Å². The Morgan fingerprint density at radius 2 is 1.82 bits per heavy atom. The van der Waals surface area contributed by atoms with Gasteiger partial charge in [0.25, 0.3) is 0 Å². The Kier molecular flexibility index (Phi) is 5.11. The third kappa shape index (κ3) is 4.46. The molecule has 0 fully saturated rings. The average Bonchev–Trinajstić information content (AvgIpc) is 2.28. The van der Waals surface area contributed by atoms with E-state index in [0.29, 0.717) is 23.9 Å². The summed E-state index contributed by atoms with van der Waals surface area (Å²) >= 11 is 0. The van der Waals surface area contributed by atoms with Gasteiger partial charge in [-0.1, -0.05) is 26.0 Å². The second kappa shape index (κ2) is 6.14. The lowest BCUT2D eigenvalue weighted by molar-refractivity contribution is 0.560. The Morgan fingerprint density at radius 1 is 1.24 bits per heavy atom. The van der Waals surface area contributed by atoms with Crippen molar-refractivity contribution in [3.05, 3.63) is 29.8 Å². The van der Waals surface area contributed by atoms with E-state index in [-0.39, 0.29) is 0 Å². The van der Waals surface area contributed by atoms with Crippen LogP contribution >= 0.6 is 0 Å². The van der Waals surface area contributed by atoms with E-state index in [1.165, 1.54) is 0 Å². The van der Waals surface area contributed by atoms with Gasteiger partial charge < -0.3 is 5.73 Å². The molecule has 1 rings (SSSR count). The van der Waals surface area contributed by atoms with Crippen LogP contribution in [0, 0.1) is 5.92 Å². The van der Waals surface area contributed by atoms with Crippen molar-refractivity contribution in [2.75, 3.05) is 13.1 Å². The molecule has 0 radical (unpaired) electrons. The SMILES string of the molecule is CC(C)CNS(=O)(=O)c1ccc(CCN)cc1. The van der Waals surface area contributed by atoms with Crippen LogP contribution in [0.4, 0.5) is 0 Å². The van der Waals surface area contributed by atoms with Crippen molar-refractivity contribution in [3.63, 3.8) is 0 Å². The fraction of sp³-hybridized carbons (Fsp3) is 0.500. The van der Waals surface area contributed by atoms with Crippen LogP contribution in [-0.2, 0) is 16.4 Å². The molecule has 0 atom stereocenters. The van der Waals surface area contributed by atoms with Gasteiger partial charge in [0, 0.05) is 6.54 Å². The van der Waals surface area contributed by atoms with Gasteiger partial charge in [-0.25, -0.2) is 13.1 Å². The number of benzene rings is 1. The molecule has 0 spiro atoms. The first-order valence-electron chi connectivity index (χ1n) is 5.74. The van der Waals surface area contributed by atoms with Crippen molar-refractivity contribution in [2.45, 2.75) is 25.2 Å². The molecule has 0 aromatic heterocycles. The summed E-state index contributed by atoms with van der Waals surface area (Å²) in [6.45, 7) is 4.95. The van der Waals surface area contributed by atoms with Crippen LogP contribution in [0.2, 0.25) is 0 Å². The van der Waals surface area contributed by atoms with Gasteiger partial charge in [0.1, 0.15) is 0 Å². The molecule has 4 nitrogen and oxygen atoms in total. The molecule has 0 amide bonds. The van der Waals surface area contributed by atoms with Gasteiger partial charge >= 0.3 is 0 Å². The Balaban J connectivity index is 2.77. The minimum Gasteiger partial charge on any atom is -0.330 e. The van der Waals surface area contributed by atoms with Crippen LogP contribution in [0.25, 0.3) is 0 Å². The highest BCUT2D eigenvalue weighted by molar-refractivity contribution is 7.89. The topological polar surface area (TPSA) is 72.2 Å². The monoisotopic (exact) mass is 256 g/mol. The van der Waals surface area contributed by atoms with Crippen LogP contribution in [-0.4, -0.2) is 21.5 Å². The number of hydrogen-bond acceptors (Lipinski definition) is 3. The summed E-state index contributed by atoms with van der Waals surface area (Å²) in [5, 5.41) is 0. The predicted octanol–water partition coefficient (Wildman–Crippen LogP) is 1.12. The van der Waals surface area contributed by atoms with Gasteiger partial charge in [-0.3, -0.25) is 0 Å². The van der Waals surface area contributed by atoms with Crippen LogP contribution in [0.3, 0.4) is 0 Å². The second-order valence-corrected chi connectivity index (χ2v) is 6.20. The van der Waals surface area contributed by atoms with Crippen LogP contribution < -0.4 is 10.5 Å². The summed E-state index contributed by atoms with van der Waals surface area (Å²) in [6, 6.07) is 6.84. The molecule has 17 heavy (non-hydrogen) atoms. The molecule has 96 valence electrons. The van der Waals surface area contributed by atoms with Gasteiger partial charge in [-0.2, -0.15) is 0 Å². The van der Waals surface area contributed by atoms with Crippen molar-refractivity contribution in [3.8, 4) is 0 Å². The third-order valence-electron chi connectivity index (χ3n) is 2.35. The summed E-state index contributed by atoms with van der Waals surface area (Å²) in [5.74, 6) is 0.293. The van der Waals surface area contributed by atoms with Crippen molar-refractivity contribution in [1.82, 2.24) is 4.72 Å². The third-order valence-corrected chi connectivity index (χ3v) is 3.79. The van der Waals surface area contributed by atoms with Gasteiger partial charge in [-0.05, 0) is 36.6 Å². The maximum absolute atomic E-state index is 11.9. The summed E-state index contributed by atoms with van der Waals surface area (Å²) in [6.07, 6.45) is 0.764. The lowest BCUT2D eigenvalue weighted by Gasteiger charge is -2.09. The molecule has 0 bridgehead atoms. The predicted molar refractivity (Wildman–Crippen MR) is 69.2 cm³/mol. The molecule has 0 aliphatic carbocycles. The van der Waals surface area contributed by atoms with Gasteiger partial charge in [0.15, 0.2) is 0 Å². The van der Waals surface area contributed by atoms with Gasteiger partial charge in [0.2, 0.25) is 10.0 Å². The minimum absolute atomic E-state index is 0.293. The van der Waals surface area contributed by atoms with E-state index in [2.05, 4.69) is 4.72 Å². The highest BCUT2D eigenvalue weighted by atomic mass is 32.2. The largest absolute Gasteiger partial charge is 0.330 e. The molecule has 1 aromatic carbocycles. The first kappa shape index (κ1) is 14.2. The first-order valence-corrected chi connectivity index (χ1v) is 7.22. The van der Waals surface area contributed by atoms with Crippen molar-refractivity contribution in [2.24, 2.45) is 11.7 Å². The second-order valence-electron chi connectivity index (χ2n) is 4.43. The maximum Gasteiger partial charge on any atom is 0.240 e. The quantitative estimate of drug-likeness (QED) is 0.801. The van der Waals surface area contributed by atoms with E-state index in [4.69, 9.17) is 5.73 Å². The number of nitrogens with one attached hydrogen (secondary N) is 1. The minimum atomic E-state index is -3.37. The fourth-order valence-corrected chi connectivity index (χ4v) is 2.58. The summed E-state index contributed by atoms with van der Waals surface area (Å²) in [7, 11) is -3.37. The zero-order valence-electron chi connectivity index (χ0n) is 10.3. The molecule has 5 heteroatoms. The van der Waals surface area contributed by atoms with E-state index in [1.54, 1.807) is 24.3 Å². The van der Waals surface area contributed by atoms with Gasteiger partial charge in [-0.15, -0.1) is 0 Å². The smallest absolute Gasteiger partial charge is 0.240 e. The molecule has 1 aromatic rings. The summed E-state index contributed by atoms with van der Waals surface area (Å²) in [4.78, 5) is 0.305. The fourth-order valence-electron chi connectivity index (χ4n) is 1.36.